The lowest BCUT2D eigenvalue weighted by Gasteiger charge is -2.52. The predicted octanol–water partition coefficient (Wildman–Crippen LogP) is 1.75. The summed E-state index contributed by atoms with van der Waals surface area (Å²) in [7, 11) is 0. The molecule has 4 aliphatic rings. The van der Waals surface area contributed by atoms with Crippen LogP contribution in [0.25, 0.3) is 0 Å². The number of aliphatic carboxylic acids is 1. The molecule has 100 valence electrons. The van der Waals surface area contributed by atoms with Gasteiger partial charge in [-0.2, -0.15) is 0 Å². The molecule has 4 fully saturated rings. The summed E-state index contributed by atoms with van der Waals surface area (Å²) in [4.78, 5) is 24.8. The molecule has 2 bridgehead atoms. The molecular formula is C14H21NO3. The van der Waals surface area contributed by atoms with E-state index in [1.165, 1.54) is 0 Å². The number of hydrogen-bond donors (Lipinski definition) is 1. The van der Waals surface area contributed by atoms with Crippen molar-refractivity contribution in [1.82, 2.24) is 4.90 Å². The number of nitrogens with zero attached hydrogens (tertiary/aromatic N) is 1. The van der Waals surface area contributed by atoms with E-state index in [2.05, 4.69) is 0 Å². The molecule has 4 heteroatoms. The lowest BCUT2D eigenvalue weighted by atomic mass is 9.53. The molecule has 0 aromatic heterocycles. The first-order valence-corrected chi connectivity index (χ1v) is 7.03. The van der Waals surface area contributed by atoms with E-state index in [0.29, 0.717) is 11.8 Å². The Labute approximate surface area is 107 Å². The molecule has 4 rings (SSSR count). The third-order valence-electron chi connectivity index (χ3n) is 5.66. The lowest BCUT2D eigenvalue weighted by Crippen LogP contribution is -2.54. The van der Waals surface area contributed by atoms with Gasteiger partial charge >= 0.3 is 5.97 Å². The maximum Gasteiger partial charge on any atom is 0.307 e. The van der Waals surface area contributed by atoms with E-state index in [9.17, 15) is 14.7 Å². The van der Waals surface area contributed by atoms with Gasteiger partial charge in [0.1, 0.15) is 0 Å². The van der Waals surface area contributed by atoms with Crippen LogP contribution in [0, 0.1) is 23.2 Å². The highest BCUT2D eigenvalue weighted by molar-refractivity contribution is 5.74. The van der Waals surface area contributed by atoms with Crippen LogP contribution in [0.15, 0.2) is 0 Å². The number of carbonyl (C=O) groups is 2. The van der Waals surface area contributed by atoms with Crippen molar-refractivity contribution in [2.75, 3.05) is 13.1 Å². The average Bonchev–Trinajstić information content (AvgIpc) is 2.87. The minimum Gasteiger partial charge on any atom is -0.481 e. The minimum absolute atomic E-state index is 0.0185. The monoisotopic (exact) mass is 251 g/mol. The highest BCUT2D eigenvalue weighted by Gasteiger charge is 2.65. The van der Waals surface area contributed by atoms with Gasteiger partial charge in [-0.25, -0.2) is 0 Å². The SMILES string of the molecule is CC(=O)N1CCCC(C23CCC(C2)C3C(=O)O)C1. The van der Waals surface area contributed by atoms with Gasteiger partial charge in [0.25, 0.3) is 0 Å². The van der Waals surface area contributed by atoms with E-state index in [-0.39, 0.29) is 17.2 Å². The standard InChI is InChI=1S/C14H21NO3/c1-9(16)15-6-2-3-11(8-15)14-5-4-10(7-14)12(14)13(17)18/h10-12H,2-8H2,1H3,(H,17,18). The molecule has 4 atom stereocenters. The van der Waals surface area contributed by atoms with E-state index in [4.69, 9.17) is 0 Å². The highest BCUT2D eigenvalue weighted by atomic mass is 16.4. The molecule has 1 amide bonds. The second-order valence-corrected chi connectivity index (χ2v) is 6.36. The van der Waals surface area contributed by atoms with Crippen LogP contribution in [0.2, 0.25) is 0 Å². The van der Waals surface area contributed by atoms with Crippen molar-refractivity contribution in [3.63, 3.8) is 0 Å². The molecule has 0 aromatic rings. The lowest BCUT2D eigenvalue weighted by molar-refractivity contribution is -0.162. The maximum absolute atomic E-state index is 11.5. The van der Waals surface area contributed by atoms with Crippen LogP contribution < -0.4 is 0 Å². The third kappa shape index (κ3) is 1.50. The molecule has 18 heavy (non-hydrogen) atoms. The zero-order valence-corrected chi connectivity index (χ0v) is 10.9. The zero-order valence-electron chi connectivity index (χ0n) is 10.9. The van der Waals surface area contributed by atoms with E-state index >= 15 is 0 Å². The molecule has 4 nitrogen and oxygen atoms in total. The Kier molecular flexibility index (Phi) is 2.65. The number of rotatable bonds is 2. The molecular weight excluding hydrogens is 230 g/mol. The molecule has 1 heterocycles. The highest BCUT2D eigenvalue weighted by Crippen LogP contribution is 2.67. The molecule has 3 aliphatic carbocycles. The van der Waals surface area contributed by atoms with E-state index in [1.54, 1.807) is 6.92 Å². The summed E-state index contributed by atoms with van der Waals surface area (Å²) in [6.45, 7) is 3.25. The van der Waals surface area contributed by atoms with Crippen molar-refractivity contribution in [2.24, 2.45) is 23.2 Å². The van der Waals surface area contributed by atoms with Crippen molar-refractivity contribution in [2.45, 2.75) is 39.0 Å². The summed E-state index contributed by atoms with van der Waals surface area (Å²) in [5.74, 6) is 0.222. The summed E-state index contributed by atoms with van der Waals surface area (Å²) in [6.07, 6.45) is 5.35. The van der Waals surface area contributed by atoms with Crippen LogP contribution in [0.3, 0.4) is 0 Å². The topological polar surface area (TPSA) is 57.6 Å². The summed E-state index contributed by atoms with van der Waals surface area (Å²) in [6, 6.07) is 0. The number of likely N-dealkylation sites (tertiary alicyclic amines) is 1. The van der Waals surface area contributed by atoms with Crippen molar-refractivity contribution < 1.29 is 14.7 Å². The molecule has 0 radical (unpaired) electrons. The first-order valence-electron chi connectivity index (χ1n) is 7.03. The fraction of sp³-hybridized carbons (Fsp3) is 0.857. The fourth-order valence-electron chi connectivity index (χ4n) is 4.83. The van der Waals surface area contributed by atoms with Gasteiger partial charge in [0, 0.05) is 20.0 Å². The number of fused-ring (bicyclic) bond motifs is 1. The average molecular weight is 251 g/mol. The predicted molar refractivity (Wildman–Crippen MR) is 65.9 cm³/mol. The largest absolute Gasteiger partial charge is 0.481 e. The minimum atomic E-state index is -0.608. The Morgan fingerprint density at radius 2 is 2.11 bits per heavy atom. The molecule has 4 unspecified atom stereocenters. The van der Waals surface area contributed by atoms with Gasteiger partial charge in [-0.3, -0.25) is 9.59 Å². The molecule has 1 N–H and O–H groups in total. The summed E-state index contributed by atoms with van der Waals surface area (Å²) < 4.78 is 0. The van der Waals surface area contributed by atoms with Gasteiger partial charge in [-0.15, -0.1) is 0 Å². The van der Waals surface area contributed by atoms with Crippen molar-refractivity contribution in [1.29, 1.82) is 0 Å². The second-order valence-electron chi connectivity index (χ2n) is 6.36. The van der Waals surface area contributed by atoms with Gasteiger partial charge in [0.2, 0.25) is 5.91 Å². The molecule has 0 spiro atoms. The van der Waals surface area contributed by atoms with E-state index in [1.807, 2.05) is 4.90 Å². The summed E-state index contributed by atoms with van der Waals surface area (Å²) in [5.41, 5.74) is 0.0185. The molecule has 3 saturated carbocycles. The van der Waals surface area contributed by atoms with Crippen molar-refractivity contribution in [3.05, 3.63) is 0 Å². The quantitative estimate of drug-likeness (QED) is 0.813. The summed E-state index contributed by atoms with van der Waals surface area (Å²) in [5, 5.41) is 9.40. The second kappa shape index (κ2) is 3.97. The summed E-state index contributed by atoms with van der Waals surface area (Å²) >= 11 is 0. The van der Waals surface area contributed by atoms with Gasteiger partial charge in [-0.1, -0.05) is 0 Å². The van der Waals surface area contributed by atoms with Crippen LogP contribution in [0.1, 0.15) is 39.0 Å². The molecule has 0 aromatic carbocycles. The number of piperidine rings is 1. The number of carbonyl (C=O) groups excluding carboxylic acids is 1. The smallest absolute Gasteiger partial charge is 0.307 e. The van der Waals surface area contributed by atoms with Crippen LogP contribution in [0.5, 0.6) is 0 Å². The van der Waals surface area contributed by atoms with Crippen LogP contribution >= 0.6 is 0 Å². The van der Waals surface area contributed by atoms with E-state index < -0.39 is 5.97 Å². The van der Waals surface area contributed by atoms with Gasteiger partial charge < -0.3 is 10.0 Å². The van der Waals surface area contributed by atoms with Crippen molar-refractivity contribution in [3.8, 4) is 0 Å². The Bertz CT molecular complexity index is 391. The van der Waals surface area contributed by atoms with Gasteiger partial charge in [0.15, 0.2) is 0 Å². The first-order chi connectivity index (χ1) is 8.54. The Morgan fingerprint density at radius 3 is 2.72 bits per heavy atom. The number of hydrogen-bond acceptors (Lipinski definition) is 2. The Morgan fingerprint density at radius 1 is 1.33 bits per heavy atom. The fourth-order valence-corrected chi connectivity index (χ4v) is 4.83. The van der Waals surface area contributed by atoms with Crippen LogP contribution in [-0.2, 0) is 9.59 Å². The number of carboxylic acids is 1. The van der Waals surface area contributed by atoms with Gasteiger partial charge in [-0.05, 0) is 49.4 Å². The zero-order chi connectivity index (χ0) is 12.9. The molecule has 1 aliphatic heterocycles. The Hall–Kier alpha value is -1.06. The number of carboxylic acid groups (broad SMARTS) is 1. The number of amides is 1. The first kappa shape index (κ1) is 12.0. The third-order valence-corrected chi connectivity index (χ3v) is 5.66. The molecule has 1 saturated heterocycles. The Balaban J connectivity index is 1.78. The van der Waals surface area contributed by atoms with E-state index in [0.717, 1.165) is 45.2 Å². The normalized spacial score (nSPS) is 42.5. The van der Waals surface area contributed by atoms with Crippen LogP contribution in [-0.4, -0.2) is 35.0 Å². The van der Waals surface area contributed by atoms with Crippen molar-refractivity contribution >= 4 is 11.9 Å². The maximum atomic E-state index is 11.5. The van der Waals surface area contributed by atoms with Crippen LogP contribution in [0.4, 0.5) is 0 Å². The van der Waals surface area contributed by atoms with Gasteiger partial charge in [0.05, 0.1) is 5.92 Å².